The van der Waals surface area contributed by atoms with Gasteiger partial charge in [0.1, 0.15) is 5.75 Å². The average molecular weight is 244 g/mol. The van der Waals surface area contributed by atoms with Crippen molar-refractivity contribution in [2.45, 2.75) is 39.5 Å². The number of benzene rings is 1. The van der Waals surface area contributed by atoms with E-state index in [0.29, 0.717) is 5.75 Å². The molecule has 1 aliphatic carbocycles. The van der Waals surface area contributed by atoms with Crippen LogP contribution in [-0.4, -0.2) is 12.9 Å². The van der Waals surface area contributed by atoms with Gasteiger partial charge in [-0.25, -0.2) is 0 Å². The number of ether oxygens (including phenoxy) is 1. The molecule has 1 aromatic rings. The van der Waals surface area contributed by atoms with Crippen molar-refractivity contribution in [3.63, 3.8) is 0 Å². The molecule has 1 aromatic carbocycles. The first kappa shape index (κ1) is 12.9. The van der Waals surface area contributed by atoms with E-state index in [1.54, 1.807) is 7.11 Å². The summed E-state index contributed by atoms with van der Waals surface area (Å²) in [6, 6.07) is 3.97. The monoisotopic (exact) mass is 244 g/mol. The first-order valence-corrected chi connectivity index (χ1v) is 6.52. The molecular weight excluding hydrogens is 224 g/mol. The van der Waals surface area contributed by atoms with Gasteiger partial charge in [-0.15, -0.1) is 0 Å². The van der Waals surface area contributed by atoms with Crippen molar-refractivity contribution in [1.82, 2.24) is 0 Å². The number of aryl methyl sites for hydroxylation is 2. The molecule has 0 amide bonds. The molecule has 0 N–H and O–H groups in total. The second kappa shape index (κ2) is 5.38. The number of ketones is 1. The number of allylic oxidation sites excluding steroid dienone is 2. The van der Waals surface area contributed by atoms with Gasteiger partial charge in [-0.3, -0.25) is 4.79 Å². The van der Waals surface area contributed by atoms with Gasteiger partial charge >= 0.3 is 0 Å². The summed E-state index contributed by atoms with van der Waals surface area (Å²) in [6.07, 6.45) is 6.32. The number of carbonyl (C=O) groups is 1. The molecule has 18 heavy (non-hydrogen) atoms. The Morgan fingerprint density at radius 2 is 2.00 bits per heavy atom. The third-order valence-corrected chi connectivity index (χ3v) is 3.47. The molecule has 0 unspecified atom stereocenters. The Morgan fingerprint density at radius 1 is 1.22 bits per heavy atom. The van der Waals surface area contributed by atoms with E-state index < -0.39 is 0 Å². The van der Waals surface area contributed by atoms with Crippen LogP contribution in [0.4, 0.5) is 0 Å². The lowest BCUT2D eigenvalue weighted by Gasteiger charge is -2.16. The maximum atomic E-state index is 12.6. The van der Waals surface area contributed by atoms with Crippen molar-refractivity contribution in [1.29, 1.82) is 0 Å². The summed E-state index contributed by atoms with van der Waals surface area (Å²) in [5.41, 5.74) is 3.81. The molecule has 0 fully saturated rings. The SMILES string of the molecule is COc1cc(C)cc(C)c1C(=O)C1=CCCCC1. The molecule has 0 aromatic heterocycles. The lowest BCUT2D eigenvalue weighted by atomic mass is 9.90. The second-order valence-corrected chi connectivity index (χ2v) is 4.96. The molecule has 0 saturated carbocycles. The van der Waals surface area contributed by atoms with Gasteiger partial charge in [0.25, 0.3) is 0 Å². The molecule has 2 rings (SSSR count). The standard InChI is InChI=1S/C16H20O2/c1-11-9-12(2)15(14(10-11)18-3)16(17)13-7-5-4-6-8-13/h7,9-10H,4-6,8H2,1-3H3. The van der Waals surface area contributed by atoms with E-state index in [4.69, 9.17) is 4.74 Å². The summed E-state index contributed by atoms with van der Waals surface area (Å²) in [4.78, 5) is 12.6. The van der Waals surface area contributed by atoms with Gasteiger partial charge < -0.3 is 4.74 Å². The van der Waals surface area contributed by atoms with Gasteiger partial charge in [-0.1, -0.05) is 12.1 Å². The number of hydrogen-bond acceptors (Lipinski definition) is 2. The van der Waals surface area contributed by atoms with Crippen molar-refractivity contribution in [2.75, 3.05) is 7.11 Å². The van der Waals surface area contributed by atoms with Crippen LogP contribution in [0.2, 0.25) is 0 Å². The topological polar surface area (TPSA) is 26.3 Å². The summed E-state index contributed by atoms with van der Waals surface area (Å²) in [7, 11) is 1.63. The van der Waals surface area contributed by atoms with Crippen LogP contribution in [0.15, 0.2) is 23.8 Å². The molecule has 0 aliphatic heterocycles. The van der Waals surface area contributed by atoms with Crippen molar-refractivity contribution in [3.05, 3.63) is 40.5 Å². The minimum atomic E-state index is 0.143. The summed E-state index contributed by atoms with van der Waals surface area (Å²) in [5.74, 6) is 0.841. The van der Waals surface area contributed by atoms with Crippen molar-refractivity contribution >= 4 is 5.78 Å². The van der Waals surface area contributed by atoms with E-state index in [2.05, 4.69) is 6.08 Å². The summed E-state index contributed by atoms with van der Waals surface area (Å²) in [5, 5.41) is 0. The maximum absolute atomic E-state index is 12.6. The zero-order valence-electron chi connectivity index (χ0n) is 11.4. The normalized spacial score (nSPS) is 15.2. The smallest absolute Gasteiger partial charge is 0.192 e. The molecule has 0 bridgehead atoms. The van der Waals surface area contributed by atoms with Gasteiger partial charge in [0.2, 0.25) is 0 Å². The lowest BCUT2D eigenvalue weighted by Crippen LogP contribution is -2.10. The van der Waals surface area contributed by atoms with Crippen LogP contribution >= 0.6 is 0 Å². The Bertz CT molecular complexity index is 498. The largest absolute Gasteiger partial charge is 0.496 e. The van der Waals surface area contributed by atoms with Gasteiger partial charge in [0.05, 0.1) is 12.7 Å². The fourth-order valence-corrected chi connectivity index (χ4v) is 2.59. The van der Waals surface area contributed by atoms with E-state index in [9.17, 15) is 4.79 Å². The third kappa shape index (κ3) is 2.47. The number of rotatable bonds is 3. The quantitative estimate of drug-likeness (QED) is 0.751. The molecular formula is C16H20O2. The zero-order valence-corrected chi connectivity index (χ0v) is 11.4. The van der Waals surface area contributed by atoms with Crippen LogP contribution in [0.1, 0.15) is 47.2 Å². The number of methoxy groups -OCH3 is 1. The Kier molecular flexibility index (Phi) is 3.85. The fraction of sp³-hybridized carbons (Fsp3) is 0.438. The van der Waals surface area contributed by atoms with Gasteiger partial charge in [0.15, 0.2) is 5.78 Å². The van der Waals surface area contributed by atoms with Crippen LogP contribution < -0.4 is 4.74 Å². The highest BCUT2D eigenvalue weighted by Crippen LogP contribution is 2.29. The summed E-state index contributed by atoms with van der Waals surface area (Å²) < 4.78 is 5.37. The number of Topliss-reactive ketones (excluding diaryl/α,β-unsaturated/α-hetero) is 1. The zero-order chi connectivity index (χ0) is 13.1. The molecule has 0 spiro atoms. The molecule has 2 heteroatoms. The molecule has 0 atom stereocenters. The average Bonchev–Trinajstić information content (AvgIpc) is 2.38. The highest BCUT2D eigenvalue weighted by molar-refractivity contribution is 6.11. The van der Waals surface area contributed by atoms with Crippen LogP contribution in [0, 0.1) is 13.8 Å². The minimum absolute atomic E-state index is 0.143. The predicted molar refractivity (Wildman–Crippen MR) is 73.3 cm³/mol. The van der Waals surface area contributed by atoms with Crippen LogP contribution in [0.25, 0.3) is 0 Å². The van der Waals surface area contributed by atoms with Crippen molar-refractivity contribution in [2.24, 2.45) is 0 Å². The van der Waals surface area contributed by atoms with Crippen LogP contribution in [0.3, 0.4) is 0 Å². The van der Waals surface area contributed by atoms with E-state index in [0.717, 1.165) is 41.5 Å². The Morgan fingerprint density at radius 3 is 2.61 bits per heavy atom. The molecule has 1 aliphatic rings. The molecule has 0 radical (unpaired) electrons. The minimum Gasteiger partial charge on any atom is -0.496 e. The van der Waals surface area contributed by atoms with E-state index in [1.807, 2.05) is 26.0 Å². The van der Waals surface area contributed by atoms with Crippen molar-refractivity contribution in [3.8, 4) is 5.75 Å². The molecule has 0 saturated heterocycles. The van der Waals surface area contributed by atoms with Gasteiger partial charge in [0, 0.05) is 0 Å². The molecule has 0 heterocycles. The van der Waals surface area contributed by atoms with Gasteiger partial charge in [-0.05, 0) is 62.3 Å². The van der Waals surface area contributed by atoms with Crippen molar-refractivity contribution < 1.29 is 9.53 Å². The van der Waals surface area contributed by atoms with E-state index in [-0.39, 0.29) is 5.78 Å². The first-order chi connectivity index (χ1) is 8.63. The van der Waals surface area contributed by atoms with E-state index in [1.165, 1.54) is 6.42 Å². The van der Waals surface area contributed by atoms with Crippen LogP contribution in [-0.2, 0) is 0 Å². The summed E-state index contributed by atoms with van der Waals surface area (Å²) in [6.45, 7) is 4.00. The fourth-order valence-electron chi connectivity index (χ4n) is 2.59. The third-order valence-electron chi connectivity index (χ3n) is 3.47. The highest BCUT2D eigenvalue weighted by atomic mass is 16.5. The molecule has 96 valence electrons. The lowest BCUT2D eigenvalue weighted by molar-refractivity contribution is 0.102. The van der Waals surface area contributed by atoms with Crippen LogP contribution in [0.5, 0.6) is 5.75 Å². The predicted octanol–water partition coefficient (Wildman–Crippen LogP) is 4.00. The van der Waals surface area contributed by atoms with E-state index >= 15 is 0 Å². The maximum Gasteiger partial charge on any atom is 0.192 e. The highest BCUT2D eigenvalue weighted by Gasteiger charge is 2.20. The first-order valence-electron chi connectivity index (χ1n) is 6.52. The Balaban J connectivity index is 2.43. The Hall–Kier alpha value is -1.57. The second-order valence-electron chi connectivity index (χ2n) is 4.96. The summed E-state index contributed by atoms with van der Waals surface area (Å²) >= 11 is 0. The number of hydrogen-bond donors (Lipinski definition) is 0. The Labute approximate surface area is 109 Å². The molecule has 2 nitrogen and oxygen atoms in total. The van der Waals surface area contributed by atoms with Gasteiger partial charge in [-0.2, -0.15) is 0 Å². The number of carbonyl (C=O) groups excluding carboxylic acids is 1.